The third-order valence-electron chi connectivity index (χ3n) is 4.71. The summed E-state index contributed by atoms with van der Waals surface area (Å²) in [4.78, 5) is 29.4. The number of carbonyl (C=O) groups is 2. The van der Waals surface area contributed by atoms with Crippen molar-refractivity contribution in [1.29, 1.82) is 0 Å². The zero-order valence-corrected chi connectivity index (χ0v) is 13.8. The van der Waals surface area contributed by atoms with Gasteiger partial charge in [0.25, 0.3) is 0 Å². The maximum Gasteiger partial charge on any atom is 0.317 e. The Kier molecular flexibility index (Phi) is 4.86. The zero-order chi connectivity index (χ0) is 17.3. The molecule has 0 saturated carbocycles. The van der Waals surface area contributed by atoms with Crippen molar-refractivity contribution in [2.45, 2.75) is 50.6 Å². The van der Waals surface area contributed by atoms with Gasteiger partial charge in [-0.3, -0.25) is 19.9 Å². The van der Waals surface area contributed by atoms with Crippen LogP contribution in [0, 0.1) is 5.92 Å². The number of carboxylic acid groups (broad SMARTS) is 1. The second kappa shape index (κ2) is 6.90. The predicted octanol–water partition coefficient (Wildman–Crippen LogP) is 0.344. The van der Waals surface area contributed by atoms with E-state index in [1.165, 1.54) is 7.11 Å². The zero-order valence-electron chi connectivity index (χ0n) is 13.8. The minimum absolute atomic E-state index is 0.0469. The van der Waals surface area contributed by atoms with Crippen molar-refractivity contribution in [3.63, 3.8) is 0 Å². The first-order valence-corrected chi connectivity index (χ1v) is 8.21. The predicted molar refractivity (Wildman–Crippen MR) is 85.3 cm³/mol. The van der Waals surface area contributed by atoms with E-state index in [-0.39, 0.29) is 42.8 Å². The van der Waals surface area contributed by atoms with Crippen molar-refractivity contribution in [1.82, 2.24) is 10.2 Å². The monoisotopic (exact) mass is 337 g/mol. The molecule has 132 valence electrons. The molecule has 0 aromatic rings. The van der Waals surface area contributed by atoms with Crippen LogP contribution in [0.3, 0.4) is 0 Å². The first-order chi connectivity index (χ1) is 11.5. The standard InChI is InChI=1S/C16H23N3O5/c1-9-3-4-11(24-9)14-15(17-8-13(20)21)19-6-5-10(16(22)23-2)7-12(19)18-14/h5-6,9-11,14-15,17H,3-4,7-8H2,1-2H3,(H,20,21). The van der Waals surface area contributed by atoms with Crippen molar-refractivity contribution in [3.05, 3.63) is 12.3 Å². The molecule has 5 atom stereocenters. The number of aliphatic imine (C=N–C) groups is 1. The van der Waals surface area contributed by atoms with Crippen LogP contribution in [-0.4, -0.2) is 65.9 Å². The van der Waals surface area contributed by atoms with Crippen LogP contribution in [0.15, 0.2) is 17.3 Å². The van der Waals surface area contributed by atoms with Crippen molar-refractivity contribution < 1.29 is 24.2 Å². The molecule has 0 aliphatic carbocycles. The van der Waals surface area contributed by atoms with E-state index in [2.05, 4.69) is 5.32 Å². The summed E-state index contributed by atoms with van der Waals surface area (Å²) in [5.74, 6) is -0.801. The molecule has 0 aromatic carbocycles. The average Bonchev–Trinajstić information content (AvgIpc) is 3.14. The minimum Gasteiger partial charge on any atom is -0.480 e. The molecule has 0 amide bonds. The SMILES string of the molecule is COC(=O)C1C=CN2C(=NC(C3CCC(C)O3)C2NCC(=O)O)C1. The Morgan fingerprint density at radius 2 is 2.29 bits per heavy atom. The Labute approximate surface area is 140 Å². The molecule has 0 aromatic heterocycles. The van der Waals surface area contributed by atoms with E-state index in [4.69, 9.17) is 19.6 Å². The fraction of sp³-hybridized carbons (Fsp3) is 0.688. The number of ether oxygens (including phenoxy) is 2. The van der Waals surface area contributed by atoms with Crippen LogP contribution in [-0.2, 0) is 19.1 Å². The number of methoxy groups -OCH3 is 1. The summed E-state index contributed by atoms with van der Waals surface area (Å²) >= 11 is 0. The minimum atomic E-state index is -0.920. The van der Waals surface area contributed by atoms with Gasteiger partial charge in [-0.1, -0.05) is 6.08 Å². The Morgan fingerprint density at radius 3 is 2.92 bits per heavy atom. The van der Waals surface area contributed by atoms with Crippen molar-refractivity contribution in [3.8, 4) is 0 Å². The number of nitrogens with one attached hydrogen (secondary N) is 1. The van der Waals surface area contributed by atoms with Crippen LogP contribution in [0.1, 0.15) is 26.2 Å². The van der Waals surface area contributed by atoms with E-state index < -0.39 is 5.97 Å². The maximum absolute atomic E-state index is 11.8. The van der Waals surface area contributed by atoms with Gasteiger partial charge in [-0.15, -0.1) is 0 Å². The van der Waals surface area contributed by atoms with E-state index in [0.29, 0.717) is 6.42 Å². The molecule has 3 heterocycles. The summed E-state index contributed by atoms with van der Waals surface area (Å²) in [6.45, 7) is 1.87. The average molecular weight is 337 g/mol. The number of fused-ring (bicyclic) bond motifs is 1. The van der Waals surface area contributed by atoms with Crippen LogP contribution in [0.4, 0.5) is 0 Å². The lowest BCUT2D eigenvalue weighted by Gasteiger charge is -2.32. The van der Waals surface area contributed by atoms with Gasteiger partial charge in [0.15, 0.2) is 0 Å². The topological polar surface area (TPSA) is 100 Å². The summed E-state index contributed by atoms with van der Waals surface area (Å²) in [5.41, 5.74) is 0. The number of carbonyl (C=O) groups excluding carboxylic acids is 1. The molecule has 2 N–H and O–H groups in total. The lowest BCUT2D eigenvalue weighted by Crippen LogP contribution is -2.52. The third-order valence-corrected chi connectivity index (χ3v) is 4.71. The van der Waals surface area contributed by atoms with Gasteiger partial charge >= 0.3 is 11.9 Å². The molecule has 1 saturated heterocycles. The van der Waals surface area contributed by atoms with Gasteiger partial charge in [-0.05, 0) is 19.8 Å². The highest BCUT2D eigenvalue weighted by atomic mass is 16.5. The lowest BCUT2D eigenvalue weighted by atomic mass is 10.0. The lowest BCUT2D eigenvalue weighted by molar-refractivity contribution is -0.143. The van der Waals surface area contributed by atoms with Crippen molar-refractivity contribution in [2.24, 2.45) is 10.9 Å². The van der Waals surface area contributed by atoms with E-state index in [1.807, 2.05) is 11.8 Å². The summed E-state index contributed by atoms with van der Waals surface area (Å²) in [7, 11) is 1.37. The molecule has 8 nitrogen and oxygen atoms in total. The van der Waals surface area contributed by atoms with Gasteiger partial charge in [0.1, 0.15) is 18.0 Å². The molecule has 0 spiro atoms. The second-order valence-electron chi connectivity index (χ2n) is 6.40. The highest BCUT2D eigenvalue weighted by Crippen LogP contribution is 2.33. The Bertz CT molecular complexity index is 576. The molecule has 1 fully saturated rings. The fourth-order valence-electron chi connectivity index (χ4n) is 3.53. The third kappa shape index (κ3) is 3.29. The number of nitrogens with zero attached hydrogens (tertiary/aromatic N) is 2. The van der Waals surface area contributed by atoms with Crippen molar-refractivity contribution >= 4 is 17.8 Å². The number of hydrogen-bond donors (Lipinski definition) is 2. The van der Waals surface area contributed by atoms with E-state index >= 15 is 0 Å². The number of rotatable bonds is 5. The van der Waals surface area contributed by atoms with Gasteiger partial charge in [0, 0.05) is 12.6 Å². The van der Waals surface area contributed by atoms with Crippen LogP contribution < -0.4 is 5.32 Å². The van der Waals surface area contributed by atoms with Crippen LogP contribution in [0.25, 0.3) is 0 Å². The molecule has 8 heteroatoms. The number of esters is 1. The Morgan fingerprint density at radius 1 is 1.50 bits per heavy atom. The summed E-state index contributed by atoms with van der Waals surface area (Å²) < 4.78 is 10.7. The van der Waals surface area contributed by atoms with E-state index in [1.54, 1.807) is 12.3 Å². The van der Waals surface area contributed by atoms with Gasteiger partial charge in [-0.2, -0.15) is 0 Å². The van der Waals surface area contributed by atoms with Crippen LogP contribution >= 0.6 is 0 Å². The van der Waals surface area contributed by atoms with Gasteiger partial charge in [0.05, 0.1) is 31.8 Å². The molecular weight excluding hydrogens is 314 g/mol. The van der Waals surface area contributed by atoms with E-state index in [0.717, 1.165) is 18.7 Å². The van der Waals surface area contributed by atoms with Crippen LogP contribution in [0.2, 0.25) is 0 Å². The Hall–Kier alpha value is -1.93. The molecule has 3 aliphatic heterocycles. The smallest absolute Gasteiger partial charge is 0.317 e. The largest absolute Gasteiger partial charge is 0.480 e. The highest BCUT2D eigenvalue weighted by Gasteiger charge is 2.44. The Balaban J connectivity index is 1.79. The van der Waals surface area contributed by atoms with Crippen molar-refractivity contribution in [2.75, 3.05) is 13.7 Å². The van der Waals surface area contributed by atoms with Crippen LogP contribution in [0.5, 0.6) is 0 Å². The first-order valence-electron chi connectivity index (χ1n) is 8.21. The summed E-state index contributed by atoms with van der Waals surface area (Å²) in [6, 6.07) is -0.189. The molecule has 5 unspecified atom stereocenters. The molecular formula is C16H23N3O5. The normalized spacial score (nSPS) is 34.8. The molecule has 0 radical (unpaired) electrons. The second-order valence-corrected chi connectivity index (χ2v) is 6.40. The maximum atomic E-state index is 11.8. The fourth-order valence-corrected chi connectivity index (χ4v) is 3.53. The number of amidine groups is 1. The van der Waals surface area contributed by atoms with Gasteiger partial charge in [-0.25, -0.2) is 0 Å². The summed E-state index contributed by atoms with van der Waals surface area (Å²) in [6.07, 6.45) is 5.75. The molecule has 24 heavy (non-hydrogen) atoms. The molecule has 3 aliphatic rings. The molecule has 3 rings (SSSR count). The van der Waals surface area contributed by atoms with E-state index in [9.17, 15) is 9.59 Å². The van der Waals surface area contributed by atoms with Gasteiger partial charge in [0.2, 0.25) is 0 Å². The quantitative estimate of drug-likeness (QED) is 0.698. The highest BCUT2D eigenvalue weighted by molar-refractivity contribution is 5.91. The first kappa shape index (κ1) is 16.9. The molecule has 0 bridgehead atoms. The van der Waals surface area contributed by atoms with Gasteiger partial charge < -0.3 is 19.5 Å². The number of aliphatic carboxylic acids is 1. The summed E-state index contributed by atoms with van der Waals surface area (Å²) in [5, 5.41) is 12.0. The number of hydrogen-bond acceptors (Lipinski definition) is 7. The number of carboxylic acids is 1.